The number of halogens is 1. The third-order valence-corrected chi connectivity index (χ3v) is 3.31. The highest BCUT2D eigenvalue weighted by atomic mass is 127. The van der Waals surface area contributed by atoms with Crippen molar-refractivity contribution in [3.05, 3.63) is 29.8 Å². The van der Waals surface area contributed by atoms with E-state index in [1.165, 1.54) is 5.56 Å². The van der Waals surface area contributed by atoms with Crippen LogP contribution in [0.1, 0.15) is 32.8 Å². The maximum Gasteiger partial charge on any atom is 0.193 e. The average molecular weight is 419 g/mol. The minimum atomic E-state index is 0. The van der Waals surface area contributed by atoms with Gasteiger partial charge in [0.05, 0.1) is 7.11 Å². The normalized spacial score (nSPS) is 11.6. The zero-order valence-electron chi connectivity index (χ0n) is 14.6. The molecule has 0 aliphatic heterocycles. The van der Waals surface area contributed by atoms with Gasteiger partial charge in [0.1, 0.15) is 5.75 Å². The van der Waals surface area contributed by atoms with Crippen LogP contribution in [0.25, 0.3) is 0 Å². The molecule has 0 spiro atoms. The minimum absolute atomic E-state index is 0. The van der Waals surface area contributed by atoms with Gasteiger partial charge >= 0.3 is 0 Å². The van der Waals surface area contributed by atoms with Crippen LogP contribution in [0.15, 0.2) is 29.3 Å². The number of ether oxygens (including phenoxy) is 1. The van der Waals surface area contributed by atoms with Crippen LogP contribution in [-0.2, 0) is 6.54 Å². The molecule has 0 radical (unpaired) electrons. The van der Waals surface area contributed by atoms with E-state index in [1.807, 2.05) is 19.2 Å². The molecule has 0 saturated carbocycles. The lowest BCUT2D eigenvalue weighted by Gasteiger charge is -2.24. The molecule has 0 aliphatic rings. The zero-order chi connectivity index (χ0) is 15.9. The monoisotopic (exact) mass is 419 g/mol. The molecule has 0 atom stereocenters. The van der Waals surface area contributed by atoms with E-state index >= 15 is 0 Å². The lowest BCUT2D eigenvalue weighted by atomic mass is 9.92. The van der Waals surface area contributed by atoms with Crippen molar-refractivity contribution in [2.75, 3.05) is 27.7 Å². The number of methoxy groups -OCH3 is 1. The van der Waals surface area contributed by atoms with Crippen LogP contribution in [-0.4, -0.2) is 38.6 Å². The average Bonchev–Trinajstić information content (AvgIpc) is 2.43. The zero-order valence-corrected chi connectivity index (χ0v) is 17.0. The number of guanidine groups is 1. The maximum absolute atomic E-state index is 5.18. The molecular weight excluding hydrogens is 389 g/mol. The quantitative estimate of drug-likeness (QED) is 0.449. The number of benzene rings is 1. The van der Waals surface area contributed by atoms with Crippen LogP contribution in [0.3, 0.4) is 0 Å². The van der Waals surface area contributed by atoms with Crippen LogP contribution in [0.4, 0.5) is 0 Å². The van der Waals surface area contributed by atoms with E-state index in [9.17, 15) is 0 Å². The van der Waals surface area contributed by atoms with Gasteiger partial charge in [-0.2, -0.15) is 0 Å². The number of nitrogens with zero attached hydrogens (tertiary/aromatic N) is 2. The first-order valence-electron chi connectivity index (χ1n) is 7.40. The van der Waals surface area contributed by atoms with E-state index in [1.54, 1.807) is 7.11 Å². The largest absolute Gasteiger partial charge is 0.497 e. The number of hydrogen-bond acceptors (Lipinski definition) is 2. The third kappa shape index (κ3) is 7.87. The Balaban J connectivity index is 0.00000441. The van der Waals surface area contributed by atoms with Gasteiger partial charge in [-0.3, -0.25) is 4.99 Å². The van der Waals surface area contributed by atoms with E-state index in [0.29, 0.717) is 5.41 Å². The van der Waals surface area contributed by atoms with Crippen molar-refractivity contribution in [2.45, 2.75) is 33.7 Å². The first kappa shape index (κ1) is 21.0. The molecule has 1 N–H and O–H groups in total. The Bertz CT molecular complexity index is 452. The van der Waals surface area contributed by atoms with Gasteiger partial charge in [-0.15, -0.1) is 24.0 Å². The lowest BCUT2D eigenvalue weighted by Crippen LogP contribution is -2.39. The fraction of sp³-hybridized carbons (Fsp3) is 0.588. The van der Waals surface area contributed by atoms with Crippen LogP contribution < -0.4 is 10.1 Å². The Morgan fingerprint density at radius 1 is 1.23 bits per heavy atom. The summed E-state index contributed by atoms with van der Waals surface area (Å²) >= 11 is 0. The predicted octanol–water partition coefficient (Wildman–Crippen LogP) is 3.76. The number of nitrogens with one attached hydrogen (secondary N) is 1. The lowest BCUT2D eigenvalue weighted by molar-refractivity contribution is 0.372. The van der Waals surface area contributed by atoms with Crippen LogP contribution >= 0.6 is 24.0 Å². The van der Waals surface area contributed by atoms with Gasteiger partial charge in [0.25, 0.3) is 0 Å². The molecule has 1 rings (SSSR count). The summed E-state index contributed by atoms with van der Waals surface area (Å²) in [6.07, 6.45) is 1.11. The Kier molecular flexibility index (Phi) is 9.48. The van der Waals surface area contributed by atoms with Crippen LogP contribution in [0, 0.1) is 5.41 Å². The predicted molar refractivity (Wildman–Crippen MR) is 105 cm³/mol. The molecule has 0 aromatic heterocycles. The van der Waals surface area contributed by atoms with Gasteiger partial charge in [-0.1, -0.05) is 32.9 Å². The number of rotatable bonds is 5. The maximum atomic E-state index is 5.18. The Morgan fingerprint density at radius 3 is 2.27 bits per heavy atom. The molecule has 0 aliphatic carbocycles. The molecule has 0 saturated heterocycles. The van der Waals surface area contributed by atoms with Crippen LogP contribution in [0.2, 0.25) is 0 Å². The van der Waals surface area contributed by atoms with E-state index in [0.717, 1.165) is 31.2 Å². The van der Waals surface area contributed by atoms with E-state index in [2.05, 4.69) is 55.2 Å². The molecule has 0 fully saturated rings. The first-order valence-corrected chi connectivity index (χ1v) is 7.40. The summed E-state index contributed by atoms with van der Waals surface area (Å²) in [5.74, 6) is 1.81. The van der Waals surface area contributed by atoms with Gasteiger partial charge in [0.2, 0.25) is 0 Å². The third-order valence-electron chi connectivity index (χ3n) is 3.31. The molecule has 1 aromatic carbocycles. The highest BCUT2D eigenvalue weighted by Gasteiger charge is 2.11. The molecule has 4 nitrogen and oxygen atoms in total. The van der Waals surface area contributed by atoms with Gasteiger partial charge in [-0.05, 0) is 29.5 Å². The topological polar surface area (TPSA) is 36.9 Å². The SMILES string of the molecule is CN=C(NCCC(C)(C)C)N(C)Cc1ccc(OC)cc1.I. The summed E-state index contributed by atoms with van der Waals surface area (Å²) in [4.78, 5) is 6.47. The second kappa shape index (κ2) is 9.92. The molecule has 126 valence electrons. The molecule has 0 heterocycles. The molecular formula is C17H30IN3O. The van der Waals surface area contributed by atoms with Gasteiger partial charge in [0.15, 0.2) is 5.96 Å². The van der Waals surface area contributed by atoms with Crippen molar-refractivity contribution in [1.82, 2.24) is 10.2 Å². The second-order valence-corrected chi connectivity index (χ2v) is 6.49. The highest BCUT2D eigenvalue weighted by molar-refractivity contribution is 14.0. The second-order valence-electron chi connectivity index (χ2n) is 6.49. The number of hydrogen-bond donors (Lipinski definition) is 1. The summed E-state index contributed by atoms with van der Waals surface area (Å²) in [5.41, 5.74) is 1.57. The van der Waals surface area contributed by atoms with Crippen molar-refractivity contribution in [3.63, 3.8) is 0 Å². The van der Waals surface area contributed by atoms with E-state index in [-0.39, 0.29) is 24.0 Å². The van der Waals surface area contributed by atoms with E-state index in [4.69, 9.17) is 4.74 Å². The summed E-state index contributed by atoms with van der Waals surface area (Å²) in [7, 11) is 5.56. The first-order chi connectivity index (χ1) is 9.85. The smallest absolute Gasteiger partial charge is 0.193 e. The van der Waals surface area contributed by atoms with Crippen LogP contribution in [0.5, 0.6) is 5.75 Å². The summed E-state index contributed by atoms with van der Waals surface area (Å²) < 4.78 is 5.18. The standard InChI is InChI=1S/C17H29N3O.HI/c1-17(2,3)11-12-19-16(18-4)20(5)13-14-7-9-15(21-6)10-8-14;/h7-10H,11-13H2,1-6H3,(H,18,19);1H. The van der Waals surface area contributed by atoms with Crippen molar-refractivity contribution in [3.8, 4) is 5.75 Å². The Labute approximate surface area is 152 Å². The molecule has 1 aromatic rings. The van der Waals surface area contributed by atoms with Crippen molar-refractivity contribution < 1.29 is 4.74 Å². The Morgan fingerprint density at radius 2 is 1.82 bits per heavy atom. The molecule has 0 unspecified atom stereocenters. The summed E-state index contributed by atoms with van der Waals surface area (Å²) in [6.45, 7) is 8.50. The highest BCUT2D eigenvalue weighted by Crippen LogP contribution is 2.17. The summed E-state index contributed by atoms with van der Waals surface area (Å²) in [5, 5.41) is 3.42. The fourth-order valence-corrected chi connectivity index (χ4v) is 2.01. The molecule has 5 heteroatoms. The van der Waals surface area contributed by atoms with Crippen molar-refractivity contribution >= 4 is 29.9 Å². The number of aliphatic imine (C=N–C) groups is 1. The summed E-state index contributed by atoms with van der Waals surface area (Å²) in [6, 6.07) is 8.13. The Hall–Kier alpha value is -0.980. The van der Waals surface area contributed by atoms with Crippen molar-refractivity contribution in [2.24, 2.45) is 10.4 Å². The van der Waals surface area contributed by atoms with E-state index < -0.39 is 0 Å². The molecule has 0 bridgehead atoms. The minimum Gasteiger partial charge on any atom is -0.497 e. The van der Waals surface area contributed by atoms with Gasteiger partial charge < -0.3 is 15.0 Å². The molecule has 0 amide bonds. The van der Waals surface area contributed by atoms with Gasteiger partial charge in [-0.25, -0.2) is 0 Å². The molecule has 22 heavy (non-hydrogen) atoms. The fourth-order valence-electron chi connectivity index (χ4n) is 2.01. The van der Waals surface area contributed by atoms with Gasteiger partial charge in [0, 0.05) is 27.2 Å². The van der Waals surface area contributed by atoms with Crippen molar-refractivity contribution in [1.29, 1.82) is 0 Å².